The van der Waals surface area contributed by atoms with Crippen LogP contribution in [0.25, 0.3) is 0 Å². The second-order valence-corrected chi connectivity index (χ2v) is 28.6. The van der Waals surface area contributed by atoms with Gasteiger partial charge in [-0.15, -0.1) is 5.10 Å². The van der Waals surface area contributed by atoms with Crippen LogP contribution in [0.1, 0.15) is 85.8 Å². The van der Waals surface area contributed by atoms with Crippen LogP contribution in [0.5, 0.6) is 0 Å². The summed E-state index contributed by atoms with van der Waals surface area (Å²) in [7, 11) is 0. The van der Waals surface area contributed by atoms with Gasteiger partial charge in [0.2, 0.25) is 29.5 Å². The van der Waals surface area contributed by atoms with E-state index >= 15 is 0 Å². The summed E-state index contributed by atoms with van der Waals surface area (Å²) in [6, 6.07) is 0. The number of ether oxygens (including phenoxy) is 14. The van der Waals surface area contributed by atoms with E-state index < -0.39 is 17.9 Å². The molecule has 0 aliphatic carbocycles. The SMILES string of the molecule is CC[N+](CC)(CC)CCCNC(=O)CCOCCOCCOCCNC(=O)CCN(CCC(=O)NCCOCCOCCOCCOCCC(=O)NCCC[N+](CC)(CC)CC)Cc1cn(CCOCCOCCOCCOCCOCCOCCOCCNC(=O)CN2CCN(CC(=O)O)CCN(CC(=O)O)CCN(CC(=O)O)CC2)nn1. The molecular formula is C79H153N15O25+2. The molecule has 0 aromatic carbocycles. The van der Waals surface area contributed by atoms with Gasteiger partial charge in [0, 0.05) is 149 Å². The normalized spacial score (nSPS) is 13.8. The molecule has 8 N–H and O–H groups in total. The van der Waals surface area contributed by atoms with Crippen LogP contribution in [-0.4, -0.2) is 473 Å². The second kappa shape index (κ2) is 74.7. The highest BCUT2D eigenvalue weighted by Crippen LogP contribution is 2.10. The molecule has 1 aromatic rings. The van der Waals surface area contributed by atoms with E-state index in [-0.39, 0.29) is 108 Å². The van der Waals surface area contributed by atoms with Crippen LogP contribution in [0.3, 0.4) is 0 Å². The van der Waals surface area contributed by atoms with Gasteiger partial charge < -0.3 is 117 Å². The van der Waals surface area contributed by atoms with Gasteiger partial charge in [-0.1, -0.05) is 5.21 Å². The molecule has 1 saturated heterocycles. The first kappa shape index (κ1) is 109. The highest BCUT2D eigenvalue weighted by Gasteiger charge is 2.24. The summed E-state index contributed by atoms with van der Waals surface area (Å²) >= 11 is 0. The Morgan fingerprint density at radius 3 is 0.882 bits per heavy atom. The quantitative estimate of drug-likeness (QED) is 0.0271. The molecule has 2 rings (SSSR count). The topological polar surface area (TPSA) is 434 Å². The Morgan fingerprint density at radius 1 is 0.336 bits per heavy atom. The van der Waals surface area contributed by atoms with Gasteiger partial charge in [-0.2, -0.15) is 0 Å². The van der Waals surface area contributed by atoms with E-state index in [4.69, 9.17) is 66.3 Å². The number of aromatic nitrogens is 3. The Morgan fingerprint density at radius 2 is 0.588 bits per heavy atom. The minimum absolute atomic E-state index is 0.00475. The first-order valence-electron chi connectivity index (χ1n) is 43.1. The Kier molecular flexibility index (Phi) is 68.5. The van der Waals surface area contributed by atoms with Gasteiger partial charge in [-0.25, -0.2) is 4.68 Å². The largest absolute Gasteiger partial charge is 0.480 e. The fourth-order valence-electron chi connectivity index (χ4n) is 12.5. The molecule has 40 nitrogen and oxygen atoms in total. The summed E-state index contributed by atoms with van der Waals surface area (Å²) in [4.78, 5) is 107. The van der Waals surface area contributed by atoms with Gasteiger partial charge in [-0.05, 0) is 41.5 Å². The lowest BCUT2D eigenvalue weighted by Crippen LogP contribution is -2.50. The summed E-state index contributed by atoms with van der Waals surface area (Å²) in [6.07, 6.45) is 4.69. The number of rotatable bonds is 81. The van der Waals surface area contributed by atoms with E-state index in [0.717, 1.165) is 74.2 Å². The first-order chi connectivity index (χ1) is 57.8. The predicted molar refractivity (Wildman–Crippen MR) is 442 cm³/mol. The fraction of sp³-hybridized carbons (Fsp3) is 0.873. The van der Waals surface area contributed by atoms with Crippen LogP contribution < -0.4 is 26.6 Å². The molecule has 1 aromatic heterocycles. The molecule has 692 valence electrons. The number of carboxylic acid groups (broad SMARTS) is 3. The number of carbonyl (C=O) groups is 8. The van der Waals surface area contributed by atoms with Gasteiger partial charge in [0.05, 0.1) is 276 Å². The summed E-state index contributed by atoms with van der Waals surface area (Å²) in [5.41, 5.74) is 0.664. The zero-order valence-corrected chi connectivity index (χ0v) is 72.9. The molecule has 0 radical (unpaired) electrons. The average Bonchev–Trinajstić information content (AvgIpc) is 1.57. The maximum atomic E-state index is 13.0. The number of carbonyl (C=O) groups excluding carboxylic acids is 5. The van der Waals surface area contributed by atoms with E-state index in [1.807, 2.05) is 16.0 Å². The van der Waals surface area contributed by atoms with Gasteiger partial charge >= 0.3 is 17.9 Å². The number of quaternary nitrogens is 2. The van der Waals surface area contributed by atoms with Crippen molar-refractivity contribution in [1.82, 2.24) is 66.1 Å². The van der Waals surface area contributed by atoms with Gasteiger partial charge in [0.25, 0.3) is 0 Å². The molecule has 1 aliphatic rings. The number of nitrogens with one attached hydrogen (secondary N) is 5. The second-order valence-electron chi connectivity index (χ2n) is 28.6. The van der Waals surface area contributed by atoms with E-state index in [9.17, 15) is 53.7 Å². The first-order valence-corrected chi connectivity index (χ1v) is 43.1. The lowest BCUT2D eigenvalue weighted by Gasteiger charge is -2.35. The lowest BCUT2D eigenvalue weighted by molar-refractivity contribution is -0.923. The zero-order chi connectivity index (χ0) is 86.8. The van der Waals surface area contributed by atoms with Crippen molar-refractivity contribution in [3.63, 3.8) is 0 Å². The van der Waals surface area contributed by atoms with E-state index in [2.05, 4.69) is 78.4 Å². The van der Waals surface area contributed by atoms with Crippen molar-refractivity contribution in [3.05, 3.63) is 11.9 Å². The lowest BCUT2D eigenvalue weighted by atomic mass is 10.2. The summed E-state index contributed by atoms with van der Waals surface area (Å²) in [5, 5.41) is 51.6. The summed E-state index contributed by atoms with van der Waals surface area (Å²) in [6.45, 7) is 37.5. The van der Waals surface area contributed by atoms with Crippen LogP contribution in [0.15, 0.2) is 6.20 Å². The van der Waals surface area contributed by atoms with E-state index in [1.54, 1.807) is 19.4 Å². The van der Waals surface area contributed by atoms with Gasteiger partial charge in [-0.3, -0.25) is 62.9 Å². The Labute approximate surface area is 706 Å². The number of carboxylic acids is 3. The van der Waals surface area contributed by atoms with E-state index in [1.165, 1.54) is 0 Å². The highest BCUT2D eigenvalue weighted by molar-refractivity contribution is 5.78. The molecule has 0 spiro atoms. The molecular weight excluding hydrogens is 1560 g/mol. The summed E-state index contributed by atoms with van der Waals surface area (Å²) in [5.74, 6) is -3.69. The van der Waals surface area contributed by atoms with Crippen molar-refractivity contribution in [2.45, 2.75) is 93.2 Å². The van der Waals surface area contributed by atoms with Crippen LogP contribution in [-0.2, 0) is 118 Å². The van der Waals surface area contributed by atoms with Gasteiger partial charge in [0.1, 0.15) is 0 Å². The smallest absolute Gasteiger partial charge is 0.317 e. The molecule has 2 heterocycles. The van der Waals surface area contributed by atoms with Crippen molar-refractivity contribution < 1.29 is 129 Å². The van der Waals surface area contributed by atoms with Crippen LogP contribution >= 0.6 is 0 Å². The monoisotopic (exact) mass is 1710 g/mol. The van der Waals surface area contributed by atoms with Crippen LogP contribution in [0.4, 0.5) is 0 Å². The summed E-state index contributed by atoms with van der Waals surface area (Å²) < 4.78 is 82.4. The molecule has 5 amide bonds. The molecule has 119 heavy (non-hydrogen) atoms. The fourth-order valence-corrected chi connectivity index (χ4v) is 12.5. The number of amides is 5. The van der Waals surface area contributed by atoms with Crippen molar-refractivity contribution in [2.75, 3.05) is 362 Å². The zero-order valence-electron chi connectivity index (χ0n) is 72.9. The third kappa shape index (κ3) is 62.8. The number of hydrogen-bond acceptors (Lipinski definition) is 29. The minimum atomic E-state index is -1.03. The molecule has 1 aliphatic heterocycles. The molecule has 0 bridgehead atoms. The number of aliphatic carboxylic acids is 3. The Bertz CT molecular complexity index is 2670. The van der Waals surface area contributed by atoms with Crippen LogP contribution in [0.2, 0.25) is 0 Å². The highest BCUT2D eigenvalue weighted by atomic mass is 16.6. The number of nitrogens with zero attached hydrogens (tertiary/aromatic N) is 10. The molecule has 1 fully saturated rings. The van der Waals surface area contributed by atoms with Crippen molar-refractivity contribution >= 4 is 47.4 Å². The van der Waals surface area contributed by atoms with Crippen molar-refractivity contribution in [2.24, 2.45) is 0 Å². The predicted octanol–water partition coefficient (Wildman–Crippen LogP) is -1.54. The third-order valence-electron chi connectivity index (χ3n) is 20.2. The maximum Gasteiger partial charge on any atom is 0.317 e. The molecule has 0 saturated carbocycles. The third-order valence-corrected chi connectivity index (χ3v) is 20.2. The molecule has 0 unspecified atom stereocenters. The van der Waals surface area contributed by atoms with Crippen LogP contribution in [0, 0.1) is 0 Å². The minimum Gasteiger partial charge on any atom is -0.480 e. The Balaban J connectivity index is 1.59. The standard InChI is InChI=1S/C79H151N15O25/c1-7-93(8-2,9-3)35-13-19-80-74(97)17-37-106-43-49-112-51-45-108-39-21-82-72(95)15-24-87(25-16-73(96)83-22-40-109-46-52-114-56-55-113-50-44-107-38-18-75(98)81-20-14-36-94(10-4,11-5)12-6)65-71-66-92(86-85-71)34-42-111-48-54-116-58-60-118-62-64-119-63-61-117-59-57-115-53-47-110-41-23-84-76(99)67-88-26-28-89(68-77(100)101)30-32-91(70-79(104)105)33-31-90(29-27-88)69-78(102)103/h66H,7-65,67-70H2,1-6H3,(H6-2,80,81,82,83,84,95,96,97,98,99,100,101,102,103,104,105)/p+2. The molecule has 40 heteroatoms. The average molecular weight is 1710 g/mol. The number of hydrogen-bond donors (Lipinski definition) is 8. The van der Waals surface area contributed by atoms with Crippen molar-refractivity contribution in [1.29, 1.82) is 0 Å². The molecule has 0 atom stereocenters. The van der Waals surface area contributed by atoms with Gasteiger partial charge in [0.15, 0.2) is 0 Å². The Hall–Kier alpha value is -5.94. The maximum absolute atomic E-state index is 13.0. The van der Waals surface area contributed by atoms with E-state index in [0.29, 0.717) is 275 Å². The van der Waals surface area contributed by atoms with Crippen molar-refractivity contribution in [3.8, 4) is 0 Å².